The smallest absolute Gasteiger partial charge is 0.0865 e. The standard InChI is InChI=1S/C6H6Br2OS/c1-3(9)6-4(7)2-5(8)10-6/h2-3,9H,1H3. The van der Waals surface area contributed by atoms with Crippen LogP contribution in [0.25, 0.3) is 0 Å². The van der Waals surface area contributed by atoms with Gasteiger partial charge in [-0.05, 0) is 44.8 Å². The third-order valence-corrected chi connectivity index (χ3v) is 3.79. The maximum atomic E-state index is 9.18. The first-order valence-corrected chi connectivity index (χ1v) is 5.14. The summed E-state index contributed by atoms with van der Waals surface area (Å²) in [6.45, 7) is 1.75. The lowest BCUT2D eigenvalue weighted by molar-refractivity contribution is 0.202. The summed E-state index contributed by atoms with van der Waals surface area (Å²) in [6, 6.07) is 1.94. The molecule has 0 fully saturated rings. The molecule has 1 nitrogen and oxygen atoms in total. The van der Waals surface area contributed by atoms with Gasteiger partial charge in [-0.2, -0.15) is 0 Å². The Bertz CT molecular complexity index is 232. The van der Waals surface area contributed by atoms with Gasteiger partial charge in [-0.15, -0.1) is 11.3 Å². The maximum Gasteiger partial charge on any atom is 0.0865 e. The molecular weight excluding hydrogens is 280 g/mol. The minimum Gasteiger partial charge on any atom is -0.388 e. The van der Waals surface area contributed by atoms with Crippen molar-refractivity contribution >= 4 is 43.2 Å². The lowest BCUT2D eigenvalue weighted by Crippen LogP contribution is -1.85. The first kappa shape index (κ1) is 8.71. The summed E-state index contributed by atoms with van der Waals surface area (Å²) in [5.74, 6) is 0. The van der Waals surface area contributed by atoms with Crippen LogP contribution in [0, 0.1) is 0 Å². The molecule has 1 aromatic heterocycles. The Morgan fingerprint density at radius 2 is 2.20 bits per heavy atom. The monoisotopic (exact) mass is 284 g/mol. The third-order valence-electron chi connectivity index (χ3n) is 1.06. The van der Waals surface area contributed by atoms with Gasteiger partial charge >= 0.3 is 0 Å². The van der Waals surface area contributed by atoms with E-state index in [4.69, 9.17) is 0 Å². The molecule has 0 aliphatic carbocycles. The normalized spacial score (nSPS) is 13.6. The van der Waals surface area contributed by atoms with E-state index < -0.39 is 0 Å². The highest BCUT2D eigenvalue weighted by atomic mass is 79.9. The van der Waals surface area contributed by atoms with E-state index in [0.717, 1.165) is 13.1 Å². The number of aliphatic hydroxyl groups excluding tert-OH is 1. The van der Waals surface area contributed by atoms with Crippen LogP contribution in [0.4, 0.5) is 0 Å². The van der Waals surface area contributed by atoms with Crippen LogP contribution in [0.1, 0.15) is 17.9 Å². The number of hydrogen-bond acceptors (Lipinski definition) is 2. The van der Waals surface area contributed by atoms with Crippen molar-refractivity contribution in [3.8, 4) is 0 Å². The summed E-state index contributed by atoms with van der Waals surface area (Å²) in [6.07, 6.45) is -0.384. The summed E-state index contributed by atoms with van der Waals surface area (Å²) < 4.78 is 2.01. The van der Waals surface area contributed by atoms with E-state index in [2.05, 4.69) is 31.9 Å². The molecule has 1 heterocycles. The zero-order chi connectivity index (χ0) is 7.72. The largest absolute Gasteiger partial charge is 0.388 e. The number of halogens is 2. The van der Waals surface area contributed by atoms with Crippen LogP contribution in [0.3, 0.4) is 0 Å². The minimum atomic E-state index is -0.384. The molecular formula is C6H6Br2OS. The maximum absolute atomic E-state index is 9.18. The van der Waals surface area contributed by atoms with Crippen LogP contribution in [0.2, 0.25) is 0 Å². The van der Waals surface area contributed by atoms with Gasteiger partial charge in [0.15, 0.2) is 0 Å². The summed E-state index contributed by atoms with van der Waals surface area (Å²) in [7, 11) is 0. The molecule has 0 spiro atoms. The Morgan fingerprint density at radius 1 is 1.60 bits per heavy atom. The van der Waals surface area contributed by atoms with Gasteiger partial charge in [0.1, 0.15) is 0 Å². The first-order chi connectivity index (χ1) is 4.61. The lowest BCUT2D eigenvalue weighted by Gasteiger charge is -1.98. The van der Waals surface area contributed by atoms with E-state index in [1.54, 1.807) is 18.3 Å². The van der Waals surface area contributed by atoms with Gasteiger partial charge < -0.3 is 5.11 Å². The molecule has 1 rings (SSSR count). The molecule has 0 saturated heterocycles. The Labute approximate surface area is 80.3 Å². The molecule has 0 amide bonds. The van der Waals surface area contributed by atoms with Gasteiger partial charge in [0.25, 0.3) is 0 Å². The summed E-state index contributed by atoms with van der Waals surface area (Å²) in [4.78, 5) is 0.965. The van der Waals surface area contributed by atoms with Crippen molar-refractivity contribution in [2.75, 3.05) is 0 Å². The molecule has 0 aromatic carbocycles. The van der Waals surface area contributed by atoms with Gasteiger partial charge in [-0.25, -0.2) is 0 Å². The molecule has 1 unspecified atom stereocenters. The molecule has 10 heavy (non-hydrogen) atoms. The molecule has 1 atom stereocenters. The Balaban J connectivity index is 3.03. The van der Waals surface area contributed by atoms with Crippen LogP contribution in [0.15, 0.2) is 14.3 Å². The highest BCUT2D eigenvalue weighted by Crippen LogP contribution is 2.35. The van der Waals surface area contributed by atoms with E-state index in [-0.39, 0.29) is 6.10 Å². The van der Waals surface area contributed by atoms with Crippen molar-refractivity contribution in [3.63, 3.8) is 0 Å². The van der Waals surface area contributed by atoms with Crippen molar-refractivity contribution in [2.45, 2.75) is 13.0 Å². The van der Waals surface area contributed by atoms with Gasteiger partial charge in [0, 0.05) is 9.35 Å². The zero-order valence-electron chi connectivity index (χ0n) is 5.27. The molecule has 0 aliphatic heterocycles. The van der Waals surface area contributed by atoms with Crippen LogP contribution < -0.4 is 0 Å². The summed E-state index contributed by atoms with van der Waals surface area (Å²) in [5, 5.41) is 9.18. The molecule has 0 bridgehead atoms. The average molecular weight is 286 g/mol. The predicted octanol–water partition coefficient (Wildman–Crippen LogP) is 3.33. The van der Waals surface area contributed by atoms with Crippen molar-refractivity contribution in [1.29, 1.82) is 0 Å². The lowest BCUT2D eigenvalue weighted by atomic mass is 10.3. The molecule has 1 N–H and O–H groups in total. The van der Waals surface area contributed by atoms with Gasteiger partial charge in [0.05, 0.1) is 9.89 Å². The van der Waals surface area contributed by atoms with Crippen molar-refractivity contribution in [2.24, 2.45) is 0 Å². The van der Waals surface area contributed by atoms with E-state index in [1.807, 2.05) is 6.07 Å². The Kier molecular flexibility index (Phi) is 2.91. The number of hydrogen-bond donors (Lipinski definition) is 1. The number of thiophene rings is 1. The summed E-state index contributed by atoms with van der Waals surface area (Å²) in [5.41, 5.74) is 0. The zero-order valence-corrected chi connectivity index (χ0v) is 9.25. The molecule has 0 saturated carbocycles. The van der Waals surface area contributed by atoms with Crippen LogP contribution in [-0.2, 0) is 0 Å². The van der Waals surface area contributed by atoms with E-state index in [1.165, 1.54) is 0 Å². The molecule has 0 radical (unpaired) electrons. The number of rotatable bonds is 1. The Morgan fingerprint density at radius 3 is 2.40 bits per heavy atom. The van der Waals surface area contributed by atoms with Crippen molar-refractivity contribution in [1.82, 2.24) is 0 Å². The quantitative estimate of drug-likeness (QED) is 0.839. The summed E-state index contributed by atoms with van der Waals surface area (Å²) >= 11 is 8.21. The second-order valence-corrected chi connectivity index (χ2v) is 5.26. The predicted molar refractivity (Wildman–Crippen MR) is 50.4 cm³/mol. The molecule has 1 aromatic rings. The third kappa shape index (κ3) is 1.81. The van der Waals surface area contributed by atoms with E-state index in [9.17, 15) is 5.11 Å². The van der Waals surface area contributed by atoms with Crippen molar-refractivity contribution in [3.05, 3.63) is 19.2 Å². The molecule has 0 aliphatic rings. The van der Waals surface area contributed by atoms with Crippen LogP contribution in [-0.4, -0.2) is 5.11 Å². The van der Waals surface area contributed by atoms with Crippen LogP contribution >= 0.6 is 43.2 Å². The molecule has 56 valence electrons. The minimum absolute atomic E-state index is 0.384. The van der Waals surface area contributed by atoms with Crippen molar-refractivity contribution < 1.29 is 5.11 Å². The second-order valence-electron chi connectivity index (χ2n) is 1.94. The topological polar surface area (TPSA) is 20.2 Å². The Hall–Kier alpha value is 0.620. The average Bonchev–Trinajstić information content (AvgIpc) is 2.10. The number of aliphatic hydroxyl groups is 1. The fourth-order valence-electron chi connectivity index (χ4n) is 0.639. The van der Waals surface area contributed by atoms with Gasteiger partial charge in [-0.1, -0.05) is 0 Å². The van der Waals surface area contributed by atoms with Gasteiger partial charge in [0.2, 0.25) is 0 Å². The molecule has 4 heteroatoms. The van der Waals surface area contributed by atoms with Crippen LogP contribution in [0.5, 0.6) is 0 Å². The second kappa shape index (κ2) is 3.34. The highest BCUT2D eigenvalue weighted by Gasteiger charge is 2.09. The fourth-order valence-corrected chi connectivity index (χ4v) is 3.37. The fraction of sp³-hybridized carbons (Fsp3) is 0.333. The SMILES string of the molecule is CC(O)c1sc(Br)cc1Br. The first-order valence-electron chi connectivity index (χ1n) is 2.74. The van der Waals surface area contributed by atoms with Gasteiger partial charge in [-0.3, -0.25) is 0 Å². The van der Waals surface area contributed by atoms with E-state index in [0.29, 0.717) is 0 Å². The highest BCUT2D eigenvalue weighted by molar-refractivity contribution is 9.11. The van der Waals surface area contributed by atoms with E-state index >= 15 is 0 Å².